The Hall–Kier alpha value is -2.01. The maximum absolute atomic E-state index is 11.4. The number of hydrogen-bond acceptors (Lipinski definition) is 4. The normalized spacial score (nSPS) is 11.2. The zero-order valence-electron chi connectivity index (χ0n) is 12.7. The monoisotopic (exact) mass is 319 g/mol. The Morgan fingerprint density at radius 2 is 1.64 bits per heavy atom. The van der Waals surface area contributed by atoms with Gasteiger partial charge in [0.1, 0.15) is 11.5 Å². The van der Waals surface area contributed by atoms with Crippen LogP contribution in [-0.2, 0) is 16.3 Å². The second kappa shape index (κ2) is 7.31. The lowest BCUT2D eigenvalue weighted by Crippen LogP contribution is -2.03. The van der Waals surface area contributed by atoms with Crippen molar-refractivity contribution in [3.63, 3.8) is 0 Å². The molecule has 5 heteroatoms. The Morgan fingerprint density at radius 3 is 2.23 bits per heavy atom. The van der Waals surface area contributed by atoms with Crippen LogP contribution < -0.4 is 9.47 Å². The van der Waals surface area contributed by atoms with E-state index in [1.165, 1.54) is 6.26 Å². The van der Waals surface area contributed by atoms with Crippen LogP contribution in [0.15, 0.2) is 47.4 Å². The first-order valence-corrected chi connectivity index (χ1v) is 8.95. The predicted molar refractivity (Wildman–Crippen MR) is 85.2 cm³/mol. The lowest BCUT2D eigenvalue weighted by molar-refractivity contribution is 0.311. The summed E-state index contributed by atoms with van der Waals surface area (Å²) in [7, 11) is -3.14. The molecule has 0 fully saturated rings. The molecule has 0 aliphatic heterocycles. The van der Waals surface area contributed by atoms with Gasteiger partial charge in [-0.25, -0.2) is 8.42 Å². The zero-order chi connectivity index (χ0) is 16.0. The van der Waals surface area contributed by atoms with Crippen LogP contribution >= 0.6 is 0 Å². The van der Waals surface area contributed by atoms with E-state index in [-0.39, 0.29) is 0 Å². The minimum atomic E-state index is -3.14. The quantitative estimate of drug-likeness (QED) is 0.787. The molecule has 1 radical (unpaired) electrons. The molecule has 0 aromatic heterocycles. The standard InChI is InChI=1S/C17H19O4S/c1-3-20-15-5-4-6-16(13-15)21-12-11-14-7-9-17(10-8-14)22(2,18)19/h4-10H,3,11-12H2,1-2H3. The molecule has 0 heterocycles. The Morgan fingerprint density at radius 1 is 1.00 bits per heavy atom. The van der Waals surface area contributed by atoms with Gasteiger partial charge >= 0.3 is 0 Å². The van der Waals surface area contributed by atoms with Gasteiger partial charge in [-0.1, -0.05) is 18.2 Å². The van der Waals surface area contributed by atoms with Crippen LogP contribution in [0.1, 0.15) is 12.5 Å². The topological polar surface area (TPSA) is 52.6 Å². The number of ether oxygens (including phenoxy) is 2. The number of hydrogen-bond donors (Lipinski definition) is 0. The van der Waals surface area contributed by atoms with Crippen molar-refractivity contribution in [1.82, 2.24) is 0 Å². The summed E-state index contributed by atoms with van der Waals surface area (Å²) in [5.74, 6) is 1.30. The zero-order valence-corrected chi connectivity index (χ0v) is 13.5. The van der Waals surface area contributed by atoms with E-state index in [1.807, 2.05) is 25.1 Å². The Kier molecular flexibility index (Phi) is 5.44. The number of rotatable bonds is 7. The molecule has 22 heavy (non-hydrogen) atoms. The average Bonchev–Trinajstić information content (AvgIpc) is 2.48. The summed E-state index contributed by atoms with van der Waals surface area (Å²) in [6, 6.07) is 15.4. The Balaban J connectivity index is 1.90. The van der Waals surface area contributed by atoms with Gasteiger partial charge in [-0.15, -0.1) is 0 Å². The highest BCUT2D eigenvalue weighted by Gasteiger charge is 2.06. The summed E-state index contributed by atoms with van der Waals surface area (Å²) in [6.07, 6.45) is 1.89. The van der Waals surface area contributed by atoms with Gasteiger partial charge in [0.05, 0.1) is 24.2 Å². The minimum Gasteiger partial charge on any atom is -0.493 e. The lowest BCUT2D eigenvalue weighted by Gasteiger charge is -2.08. The largest absolute Gasteiger partial charge is 0.493 e. The summed E-state index contributed by atoms with van der Waals surface area (Å²) in [6.45, 7) is 3.00. The van der Waals surface area contributed by atoms with Crippen molar-refractivity contribution < 1.29 is 17.9 Å². The summed E-state index contributed by atoms with van der Waals surface area (Å²) in [4.78, 5) is 0.329. The van der Waals surface area contributed by atoms with Gasteiger partial charge in [0, 0.05) is 12.7 Å². The van der Waals surface area contributed by atoms with Crippen LogP contribution in [0.2, 0.25) is 0 Å². The van der Waals surface area contributed by atoms with Gasteiger partial charge in [0.25, 0.3) is 0 Å². The average molecular weight is 319 g/mol. The first kappa shape index (κ1) is 16.4. The van der Waals surface area contributed by atoms with E-state index in [0.717, 1.165) is 5.56 Å². The summed E-state index contributed by atoms with van der Waals surface area (Å²) in [5.41, 5.74) is 1.02. The van der Waals surface area contributed by atoms with Crippen LogP contribution in [0.5, 0.6) is 11.5 Å². The van der Waals surface area contributed by atoms with Gasteiger partial charge < -0.3 is 9.47 Å². The molecule has 0 aliphatic rings. The fourth-order valence-electron chi connectivity index (χ4n) is 1.93. The van der Waals surface area contributed by atoms with Crippen molar-refractivity contribution in [2.24, 2.45) is 0 Å². The molecular formula is C17H19O4S. The molecule has 0 amide bonds. The van der Waals surface area contributed by atoms with Crippen molar-refractivity contribution in [2.75, 3.05) is 19.5 Å². The Labute approximate surface area is 131 Å². The van der Waals surface area contributed by atoms with Crippen molar-refractivity contribution in [3.05, 3.63) is 54.1 Å². The maximum atomic E-state index is 11.4. The summed E-state index contributed by atoms with van der Waals surface area (Å²) >= 11 is 0. The molecule has 0 N–H and O–H groups in total. The fourth-order valence-corrected chi connectivity index (χ4v) is 2.56. The fraction of sp³-hybridized carbons (Fsp3) is 0.294. The molecule has 0 saturated carbocycles. The summed E-state index contributed by atoms with van der Waals surface area (Å²) in [5, 5.41) is 0. The van der Waals surface area contributed by atoms with E-state index in [0.29, 0.717) is 36.0 Å². The van der Waals surface area contributed by atoms with Crippen molar-refractivity contribution >= 4 is 9.84 Å². The van der Waals surface area contributed by atoms with E-state index in [9.17, 15) is 8.42 Å². The van der Waals surface area contributed by atoms with Gasteiger partial charge in [0.15, 0.2) is 9.84 Å². The molecule has 0 aliphatic carbocycles. The van der Waals surface area contributed by atoms with Crippen LogP contribution in [0.25, 0.3) is 0 Å². The molecule has 117 valence electrons. The third kappa shape index (κ3) is 4.77. The molecule has 0 atom stereocenters. The van der Waals surface area contributed by atoms with E-state index in [4.69, 9.17) is 9.47 Å². The highest BCUT2D eigenvalue weighted by molar-refractivity contribution is 7.90. The van der Waals surface area contributed by atoms with Gasteiger partial charge in [0.2, 0.25) is 0 Å². The van der Waals surface area contributed by atoms with Crippen molar-refractivity contribution in [3.8, 4) is 11.5 Å². The van der Waals surface area contributed by atoms with Crippen LogP contribution in [-0.4, -0.2) is 27.9 Å². The lowest BCUT2D eigenvalue weighted by atomic mass is 10.2. The number of benzene rings is 2. The second-order valence-corrected chi connectivity index (χ2v) is 6.84. The Bertz CT molecular complexity index is 706. The predicted octanol–water partition coefficient (Wildman–Crippen LogP) is 2.91. The molecule has 2 aromatic carbocycles. The maximum Gasteiger partial charge on any atom is 0.175 e. The number of sulfone groups is 1. The van der Waals surface area contributed by atoms with Crippen LogP contribution in [0.3, 0.4) is 0 Å². The molecule has 0 unspecified atom stereocenters. The first-order valence-electron chi connectivity index (χ1n) is 7.06. The molecule has 4 nitrogen and oxygen atoms in total. The van der Waals surface area contributed by atoms with Crippen molar-refractivity contribution in [2.45, 2.75) is 18.2 Å². The van der Waals surface area contributed by atoms with E-state index in [2.05, 4.69) is 6.07 Å². The van der Waals surface area contributed by atoms with Crippen LogP contribution in [0.4, 0.5) is 0 Å². The van der Waals surface area contributed by atoms with Gasteiger partial charge in [-0.05, 0) is 36.8 Å². The smallest absolute Gasteiger partial charge is 0.175 e. The van der Waals surface area contributed by atoms with Crippen molar-refractivity contribution in [1.29, 1.82) is 0 Å². The molecule has 0 spiro atoms. The molecular weight excluding hydrogens is 300 g/mol. The molecule has 2 aromatic rings. The van der Waals surface area contributed by atoms with Gasteiger partial charge in [-0.2, -0.15) is 0 Å². The highest BCUT2D eigenvalue weighted by Crippen LogP contribution is 2.18. The second-order valence-electron chi connectivity index (χ2n) is 4.83. The molecule has 2 rings (SSSR count). The van der Waals surface area contributed by atoms with E-state index < -0.39 is 9.84 Å². The van der Waals surface area contributed by atoms with Crippen LogP contribution in [0, 0.1) is 6.07 Å². The van der Waals surface area contributed by atoms with E-state index in [1.54, 1.807) is 24.3 Å². The molecule has 0 bridgehead atoms. The third-order valence-electron chi connectivity index (χ3n) is 3.04. The van der Waals surface area contributed by atoms with Gasteiger partial charge in [-0.3, -0.25) is 0 Å². The first-order chi connectivity index (χ1) is 10.5. The SMILES string of the molecule is CCOc1[c]c(OCCc2ccc(S(C)(=O)=O)cc2)ccc1. The molecule has 0 saturated heterocycles. The summed E-state index contributed by atoms with van der Waals surface area (Å²) < 4.78 is 33.8. The third-order valence-corrected chi connectivity index (χ3v) is 4.17. The van der Waals surface area contributed by atoms with E-state index >= 15 is 0 Å². The highest BCUT2D eigenvalue weighted by atomic mass is 32.2. The minimum absolute atomic E-state index is 0.329.